The van der Waals surface area contributed by atoms with E-state index in [0.717, 1.165) is 18.0 Å². The van der Waals surface area contributed by atoms with E-state index in [1.54, 1.807) is 6.07 Å². The zero-order valence-electron chi connectivity index (χ0n) is 7.86. The van der Waals surface area contributed by atoms with Crippen LogP contribution in [-0.2, 0) is 11.2 Å². The minimum atomic E-state index is -0.996. The summed E-state index contributed by atoms with van der Waals surface area (Å²) in [6.07, 6.45) is 3.60. The normalized spacial score (nSPS) is 18.1. The zero-order chi connectivity index (χ0) is 10.1. The first-order valence-corrected chi connectivity index (χ1v) is 4.83. The monoisotopic (exact) mass is 194 g/mol. The van der Waals surface area contributed by atoms with E-state index in [4.69, 9.17) is 10.8 Å². The maximum Gasteiger partial charge on any atom is 0.326 e. The number of aromatic nitrogens is 1. The van der Waals surface area contributed by atoms with E-state index in [-0.39, 0.29) is 0 Å². The van der Waals surface area contributed by atoms with Crippen LogP contribution in [0.3, 0.4) is 0 Å². The molecule has 1 aromatic heterocycles. The molecule has 4 heteroatoms. The molecule has 76 valence electrons. The number of hydrogen-bond donors (Lipinski definition) is 3. The van der Waals surface area contributed by atoms with Crippen molar-refractivity contribution in [2.24, 2.45) is 11.7 Å². The third-order valence-corrected chi connectivity index (χ3v) is 2.58. The van der Waals surface area contributed by atoms with Crippen molar-refractivity contribution in [2.75, 3.05) is 0 Å². The lowest BCUT2D eigenvalue weighted by Gasteiger charge is -2.02. The van der Waals surface area contributed by atoms with Crippen LogP contribution in [-0.4, -0.2) is 16.1 Å². The molecule has 1 aliphatic rings. The highest BCUT2D eigenvalue weighted by atomic mass is 16.4. The van der Waals surface area contributed by atoms with Crippen molar-refractivity contribution in [3.05, 3.63) is 23.5 Å². The Morgan fingerprint density at radius 1 is 1.64 bits per heavy atom. The van der Waals surface area contributed by atoms with Crippen LogP contribution < -0.4 is 5.73 Å². The largest absolute Gasteiger partial charge is 0.480 e. The van der Waals surface area contributed by atoms with Gasteiger partial charge in [0.2, 0.25) is 0 Å². The molecule has 0 saturated heterocycles. The van der Waals surface area contributed by atoms with Gasteiger partial charge >= 0.3 is 5.97 Å². The maximum atomic E-state index is 10.6. The molecule has 1 atom stereocenters. The molecule has 1 saturated carbocycles. The van der Waals surface area contributed by atoms with Gasteiger partial charge in [-0.15, -0.1) is 0 Å². The van der Waals surface area contributed by atoms with Gasteiger partial charge in [0.25, 0.3) is 0 Å². The Morgan fingerprint density at radius 2 is 2.36 bits per heavy atom. The number of nitrogens with two attached hydrogens (primary N) is 1. The molecule has 1 unspecified atom stereocenters. The molecular weight excluding hydrogens is 180 g/mol. The van der Waals surface area contributed by atoms with Crippen LogP contribution >= 0.6 is 0 Å². The lowest BCUT2D eigenvalue weighted by Crippen LogP contribution is -2.20. The van der Waals surface area contributed by atoms with E-state index in [9.17, 15) is 4.79 Å². The van der Waals surface area contributed by atoms with Crippen molar-refractivity contribution in [2.45, 2.75) is 25.3 Å². The Bertz CT molecular complexity index is 342. The third-order valence-electron chi connectivity index (χ3n) is 2.58. The molecule has 0 radical (unpaired) electrons. The number of hydrogen-bond acceptors (Lipinski definition) is 2. The van der Waals surface area contributed by atoms with Crippen LogP contribution in [0.25, 0.3) is 0 Å². The number of aromatic amines is 1. The number of carboxylic acid groups (broad SMARTS) is 1. The number of rotatable bonds is 4. The highest BCUT2D eigenvalue weighted by molar-refractivity contribution is 5.74. The van der Waals surface area contributed by atoms with Crippen molar-refractivity contribution in [3.8, 4) is 0 Å². The molecule has 0 aliphatic heterocycles. The van der Waals surface area contributed by atoms with E-state index < -0.39 is 12.0 Å². The minimum Gasteiger partial charge on any atom is -0.480 e. The molecule has 1 aliphatic carbocycles. The van der Waals surface area contributed by atoms with Crippen LogP contribution in [0.1, 0.15) is 30.3 Å². The smallest absolute Gasteiger partial charge is 0.326 e. The van der Waals surface area contributed by atoms with Crippen molar-refractivity contribution in [1.82, 2.24) is 4.98 Å². The molecule has 1 fully saturated rings. The summed E-state index contributed by atoms with van der Waals surface area (Å²) in [5.41, 5.74) is 7.15. The third kappa shape index (κ3) is 1.96. The SMILES string of the molecule is NC(C(=O)O)c1ccc(CC2CC2)[nH]1. The average Bonchev–Trinajstić information content (AvgIpc) is 2.81. The first-order valence-electron chi connectivity index (χ1n) is 4.83. The summed E-state index contributed by atoms with van der Waals surface area (Å²) < 4.78 is 0. The van der Waals surface area contributed by atoms with Crippen LogP contribution in [0.2, 0.25) is 0 Å². The fraction of sp³-hybridized carbons (Fsp3) is 0.500. The van der Waals surface area contributed by atoms with Crippen LogP contribution in [0.4, 0.5) is 0 Å². The van der Waals surface area contributed by atoms with Gasteiger partial charge in [-0.25, -0.2) is 0 Å². The molecule has 2 rings (SSSR count). The van der Waals surface area contributed by atoms with Crippen molar-refractivity contribution < 1.29 is 9.90 Å². The van der Waals surface area contributed by atoms with Gasteiger partial charge in [-0.1, -0.05) is 0 Å². The molecule has 4 N–H and O–H groups in total. The summed E-state index contributed by atoms with van der Waals surface area (Å²) >= 11 is 0. The summed E-state index contributed by atoms with van der Waals surface area (Å²) in [6, 6.07) is 2.76. The zero-order valence-corrected chi connectivity index (χ0v) is 7.86. The fourth-order valence-corrected chi connectivity index (χ4v) is 1.53. The quantitative estimate of drug-likeness (QED) is 0.670. The Hall–Kier alpha value is -1.29. The lowest BCUT2D eigenvalue weighted by molar-refractivity contribution is -0.138. The predicted octanol–water partition coefficient (Wildman–Crippen LogP) is 1.05. The molecule has 1 aromatic rings. The lowest BCUT2D eigenvalue weighted by atomic mass is 10.2. The Morgan fingerprint density at radius 3 is 2.93 bits per heavy atom. The van der Waals surface area contributed by atoms with E-state index in [1.807, 2.05) is 6.07 Å². The van der Waals surface area contributed by atoms with Crippen LogP contribution in [0.15, 0.2) is 12.1 Å². The summed E-state index contributed by atoms with van der Waals surface area (Å²) in [5.74, 6) is -0.202. The molecule has 4 nitrogen and oxygen atoms in total. The van der Waals surface area contributed by atoms with Crippen molar-refractivity contribution >= 4 is 5.97 Å². The molecular formula is C10H14N2O2. The maximum absolute atomic E-state index is 10.6. The number of nitrogens with one attached hydrogen (secondary N) is 1. The van der Waals surface area contributed by atoms with Gasteiger partial charge in [0.05, 0.1) is 0 Å². The van der Waals surface area contributed by atoms with Crippen molar-refractivity contribution in [3.63, 3.8) is 0 Å². The molecule has 14 heavy (non-hydrogen) atoms. The van der Waals surface area contributed by atoms with E-state index in [0.29, 0.717) is 5.69 Å². The topological polar surface area (TPSA) is 79.1 Å². The van der Waals surface area contributed by atoms with E-state index in [1.165, 1.54) is 12.8 Å². The van der Waals surface area contributed by atoms with Crippen LogP contribution in [0, 0.1) is 5.92 Å². The number of H-pyrrole nitrogens is 1. The molecule has 0 bridgehead atoms. The average molecular weight is 194 g/mol. The summed E-state index contributed by atoms with van der Waals surface area (Å²) in [5, 5.41) is 8.69. The summed E-state index contributed by atoms with van der Waals surface area (Å²) in [4.78, 5) is 13.7. The molecule has 0 aromatic carbocycles. The highest BCUT2D eigenvalue weighted by Crippen LogP contribution is 2.32. The second kappa shape index (κ2) is 3.46. The van der Waals surface area contributed by atoms with Gasteiger partial charge in [0.1, 0.15) is 6.04 Å². The highest BCUT2D eigenvalue weighted by Gasteiger charge is 2.23. The minimum absolute atomic E-state index is 0.591. The fourth-order valence-electron chi connectivity index (χ4n) is 1.53. The van der Waals surface area contributed by atoms with Gasteiger partial charge in [0, 0.05) is 11.4 Å². The first-order chi connectivity index (χ1) is 6.66. The second-order valence-corrected chi connectivity index (χ2v) is 3.90. The van der Waals surface area contributed by atoms with E-state index >= 15 is 0 Å². The van der Waals surface area contributed by atoms with Crippen LogP contribution in [0.5, 0.6) is 0 Å². The Balaban J connectivity index is 2.04. The molecule has 0 amide bonds. The summed E-state index contributed by atoms with van der Waals surface area (Å²) in [6.45, 7) is 0. The predicted molar refractivity (Wildman–Crippen MR) is 51.8 cm³/mol. The number of aliphatic carboxylic acids is 1. The first kappa shape index (κ1) is 9.27. The molecule has 1 heterocycles. The summed E-state index contributed by atoms with van der Waals surface area (Å²) in [7, 11) is 0. The van der Waals surface area contributed by atoms with E-state index in [2.05, 4.69) is 4.98 Å². The Labute approximate surface area is 82.1 Å². The Kier molecular flexibility index (Phi) is 2.29. The second-order valence-electron chi connectivity index (χ2n) is 3.90. The van der Waals surface area contributed by atoms with Gasteiger partial charge in [-0.3, -0.25) is 4.79 Å². The van der Waals surface area contributed by atoms with Gasteiger partial charge < -0.3 is 15.8 Å². The van der Waals surface area contributed by atoms with Gasteiger partial charge in [-0.05, 0) is 37.3 Å². The standard InChI is InChI=1S/C10H14N2O2/c11-9(10(13)14)8-4-3-7(12-8)5-6-1-2-6/h3-4,6,9,12H,1-2,5,11H2,(H,13,14). The van der Waals surface area contributed by atoms with Gasteiger partial charge in [-0.2, -0.15) is 0 Å². The van der Waals surface area contributed by atoms with Crippen molar-refractivity contribution in [1.29, 1.82) is 0 Å². The number of carbonyl (C=O) groups is 1. The van der Waals surface area contributed by atoms with Gasteiger partial charge in [0.15, 0.2) is 0 Å². The molecule has 0 spiro atoms. The number of carboxylic acids is 1.